The minimum atomic E-state index is 0.113. The second kappa shape index (κ2) is 3.37. The Morgan fingerprint density at radius 2 is 1.80 bits per heavy atom. The molecule has 0 unspecified atom stereocenters. The summed E-state index contributed by atoms with van der Waals surface area (Å²) < 4.78 is 0. The molecule has 0 bridgehead atoms. The minimum absolute atomic E-state index is 0.113. The molecule has 15 heavy (non-hydrogen) atoms. The number of rotatable bonds is 1. The molecule has 1 fully saturated rings. The predicted octanol–water partition coefficient (Wildman–Crippen LogP) is 2.76. The number of nitrogens with zero attached hydrogens (tertiary/aromatic N) is 1. The van der Waals surface area contributed by atoms with Crippen molar-refractivity contribution in [1.82, 2.24) is 0 Å². The third kappa shape index (κ3) is 2.04. The van der Waals surface area contributed by atoms with E-state index in [4.69, 9.17) is 0 Å². The van der Waals surface area contributed by atoms with Crippen LogP contribution in [-0.4, -0.2) is 12.5 Å². The first kappa shape index (κ1) is 10.2. The molecular weight excluding hydrogens is 186 g/mol. The summed E-state index contributed by atoms with van der Waals surface area (Å²) in [5.74, 6) is 0.240. The Morgan fingerprint density at radius 3 is 2.27 bits per heavy atom. The van der Waals surface area contributed by atoms with Gasteiger partial charge in [-0.05, 0) is 24.5 Å². The van der Waals surface area contributed by atoms with Gasteiger partial charge < -0.3 is 4.90 Å². The van der Waals surface area contributed by atoms with Crippen LogP contribution in [0.2, 0.25) is 0 Å². The number of amides is 1. The first-order valence-electron chi connectivity index (χ1n) is 5.35. The molecule has 1 aromatic rings. The zero-order chi connectivity index (χ0) is 11.1. The summed E-state index contributed by atoms with van der Waals surface area (Å²) >= 11 is 0. The van der Waals surface area contributed by atoms with Crippen LogP contribution in [0.3, 0.4) is 0 Å². The maximum absolute atomic E-state index is 11.8. The zero-order valence-electron chi connectivity index (χ0n) is 9.58. The molecule has 0 radical (unpaired) electrons. The Morgan fingerprint density at radius 1 is 1.20 bits per heavy atom. The van der Waals surface area contributed by atoms with Crippen molar-refractivity contribution >= 4 is 11.6 Å². The Hall–Kier alpha value is -1.31. The number of benzene rings is 1. The number of hydrogen-bond acceptors (Lipinski definition) is 1. The van der Waals surface area contributed by atoms with Crippen molar-refractivity contribution < 1.29 is 4.79 Å². The molecule has 80 valence electrons. The van der Waals surface area contributed by atoms with Gasteiger partial charge in [-0.25, -0.2) is 0 Å². The molecule has 0 aromatic heterocycles. The normalized spacial score (nSPS) is 19.7. The van der Waals surface area contributed by atoms with E-state index in [-0.39, 0.29) is 11.3 Å². The average Bonchev–Trinajstić information content (AvgIpc) is 2.41. The van der Waals surface area contributed by atoms with Crippen LogP contribution >= 0.6 is 0 Å². The highest BCUT2D eigenvalue weighted by atomic mass is 16.2. The average molecular weight is 203 g/mol. The second-order valence-corrected chi connectivity index (χ2v) is 5.16. The summed E-state index contributed by atoms with van der Waals surface area (Å²) in [5.41, 5.74) is 2.36. The lowest BCUT2D eigenvalue weighted by Crippen LogP contribution is -2.25. The molecule has 2 nitrogen and oxygen atoms in total. The fourth-order valence-electron chi connectivity index (χ4n) is 2.04. The number of anilines is 1. The highest BCUT2D eigenvalue weighted by Gasteiger charge is 2.36. The molecule has 1 aliphatic heterocycles. The molecule has 1 heterocycles. The highest BCUT2D eigenvalue weighted by Crippen LogP contribution is 2.33. The van der Waals surface area contributed by atoms with E-state index < -0.39 is 0 Å². The molecule has 0 saturated carbocycles. The molecule has 1 amide bonds. The lowest BCUT2D eigenvalue weighted by molar-refractivity contribution is -0.117. The zero-order valence-corrected chi connectivity index (χ0v) is 9.58. The predicted molar refractivity (Wildman–Crippen MR) is 61.9 cm³/mol. The van der Waals surface area contributed by atoms with Crippen molar-refractivity contribution in [2.24, 2.45) is 5.41 Å². The Bertz CT molecular complexity index is 378. The summed E-state index contributed by atoms with van der Waals surface area (Å²) in [6.45, 7) is 7.16. The summed E-state index contributed by atoms with van der Waals surface area (Å²) in [6.07, 6.45) is 0.654. The van der Waals surface area contributed by atoms with Gasteiger partial charge in [0.25, 0.3) is 0 Å². The summed E-state index contributed by atoms with van der Waals surface area (Å²) in [7, 11) is 0. The van der Waals surface area contributed by atoms with Gasteiger partial charge in [0, 0.05) is 18.7 Å². The smallest absolute Gasteiger partial charge is 0.227 e. The summed E-state index contributed by atoms with van der Waals surface area (Å²) in [5, 5.41) is 0. The van der Waals surface area contributed by atoms with Gasteiger partial charge in [-0.1, -0.05) is 31.5 Å². The van der Waals surface area contributed by atoms with Crippen molar-refractivity contribution in [2.45, 2.75) is 27.2 Å². The van der Waals surface area contributed by atoms with Crippen LogP contribution in [0.25, 0.3) is 0 Å². The SMILES string of the molecule is Cc1ccc(N2CC(C)(C)CC2=O)cc1. The number of carbonyl (C=O) groups excluding carboxylic acids is 1. The van der Waals surface area contributed by atoms with E-state index in [0.717, 1.165) is 12.2 Å². The van der Waals surface area contributed by atoms with Crippen LogP contribution < -0.4 is 4.90 Å². The molecule has 1 aliphatic rings. The first-order chi connectivity index (χ1) is 6.98. The van der Waals surface area contributed by atoms with Crippen LogP contribution in [0.15, 0.2) is 24.3 Å². The molecule has 0 atom stereocenters. The van der Waals surface area contributed by atoms with E-state index in [0.29, 0.717) is 6.42 Å². The van der Waals surface area contributed by atoms with Gasteiger partial charge in [0.2, 0.25) is 5.91 Å². The van der Waals surface area contributed by atoms with E-state index in [1.165, 1.54) is 5.56 Å². The van der Waals surface area contributed by atoms with Crippen molar-refractivity contribution in [3.05, 3.63) is 29.8 Å². The second-order valence-electron chi connectivity index (χ2n) is 5.16. The lowest BCUT2D eigenvalue weighted by Gasteiger charge is -2.19. The topological polar surface area (TPSA) is 20.3 Å². The van der Waals surface area contributed by atoms with E-state index in [9.17, 15) is 4.79 Å². The van der Waals surface area contributed by atoms with Crippen molar-refractivity contribution in [2.75, 3.05) is 11.4 Å². The van der Waals surface area contributed by atoms with Gasteiger partial charge in [-0.3, -0.25) is 4.79 Å². The van der Waals surface area contributed by atoms with E-state index >= 15 is 0 Å². The van der Waals surface area contributed by atoms with Crippen molar-refractivity contribution in [3.63, 3.8) is 0 Å². The highest BCUT2D eigenvalue weighted by molar-refractivity contribution is 5.96. The van der Waals surface area contributed by atoms with E-state index in [1.807, 2.05) is 29.2 Å². The van der Waals surface area contributed by atoms with Crippen LogP contribution in [-0.2, 0) is 4.79 Å². The Labute approximate surface area is 90.9 Å². The maximum Gasteiger partial charge on any atom is 0.227 e. The quantitative estimate of drug-likeness (QED) is 0.687. The molecule has 0 N–H and O–H groups in total. The maximum atomic E-state index is 11.8. The van der Waals surface area contributed by atoms with Gasteiger partial charge >= 0.3 is 0 Å². The third-order valence-electron chi connectivity index (χ3n) is 2.86. The number of hydrogen-bond donors (Lipinski definition) is 0. The summed E-state index contributed by atoms with van der Waals surface area (Å²) in [6, 6.07) is 8.14. The molecule has 0 aliphatic carbocycles. The molecule has 1 aromatic carbocycles. The number of aryl methyl sites for hydroxylation is 1. The van der Waals surface area contributed by atoms with E-state index in [1.54, 1.807) is 0 Å². The molecule has 2 rings (SSSR count). The van der Waals surface area contributed by atoms with Gasteiger partial charge in [0.05, 0.1) is 0 Å². The summed E-state index contributed by atoms with van der Waals surface area (Å²) in [4.78, 5) is 13.7. The van der Waals surface area contributed by atoms with Crippen LogP contribution in [0.4, 0.5) is 5.69 Å². The Kier molecular flexibility index (Phi) is 2.29. The van der Waals surface area contributed by atoms with Gasteiger partial charge in [0.15, 0.2) is 0 Å². The third-order valence-corrected chi connectivity index (χ3v) is 2.86. The monoisotopic (exact) mass is 203 g/mol. The van der Waals surface area contributed by atoms with Gasteiger partial charge in [-0.15, -0.1) is 0 Å². The van der Waals surface area contributed by atoms with Crippen LogP contribution in [0.1, 0.15) is 25.8 Å². The molecule has 0 spiro atoms. The standard InChI is InChI=1S/C13H17NO/c1-10-4-6-11(7-5-10)14-9-13(2,3)8-12(14)15/h4-7H,8-9H2,1-3H3. The van der Waals surface area contributed by atoms with E-state index in [2.05, 4.69) is 20.8 Å². The minimum Gasteiger partial charge on any atom is -0.312 e. The van der Waals surface area contributed by atoms with Gasteiger partial charge in [-0.2, -0.15) is 0 Å². The molecular formula is C13H17NO. The lowest BCUT2D eigenvalue weighted by atomic mass is 9.93. The van der Waals surface area contributed by atoms with Crippen LogP contribution in [0.5, 0.6) is 0 Å². The number of carbonyl (C=O) groups is 1. The van der Waals surface area contributed by atoms with Crippen molar-refractivity contribution in [3.8, 4) is 0 Å². The fraction of sp³-hybridized carbons (Fsp3) is 0.462. The Balaban J connectivity index is 2.25. The largest absolute Gasteiger partial charge is 0.312 e. The van der Waals surface area contributed by atoms with Gasteiger partial charge in [0.1, 0.15) is 0 Å². The first-order valence-corrected chi connectivity index (χ1v) is 5.35. The molecule has 1 saturated heterocycles. The fourth-order valence-corrected chi connectivity index (χ4v) is 2.04. The van der Waals surface area contributed by atoms with Crippen molar-refractivity contribution in [1.29, 1.82) is 0 Å². The molecule has 2 heteroatoms. The van der Waals surface area contributed by atoms with Crippen LogP contribution in [0, 0.1) is 12.3 Å².